The molecule has 0 heterocycles. The lowest BCUT2D eigenvalue weighted by atomic mass is 9.95. The van der Waals surface area contributed by atoms with E-state index in [2.05, 4.69) is 11.4 Å². The summed E-state index contributed by atoms with van der Waals surface area (Å²) >= 11 is 6.39. The van der Waals surface area contributed by atoms with Gasteiger partial charge in [0, 0.05) is 12.1 Å². The number of carbonyl (C=O) groups is 1. The average Bonchev–Trinajstić information content (AvgIpc) is 2.91. The van der Waals surface area contributed by atoms with Crippen molar-refractivity contribution in [2.45, 2.75) is 12.6 Å². The Morgan fingerprint density at radius 1 is 1.10 bits per heavy atom. The van der Waals surface area contributed by atoms with Crippen LogP contribution in [0.15, 0.2) is 60.7 Å². The fourth-order valence-electron chi connectivity index (χ4n) is 3.70. The van der Waals surface area contributed by atoms with E-state index in [0.717, 1.165) is 17.4 Å². The molecule has 3 aromatic carbocycles. The largest absolute Gasteiger partial charge is 0.490 e. The van der Waals surface area contributed by atoms with Crippen LogP contribution in [0.4, 0.5) is 0 Å². The minimum atomic E-state index is -3.63. The topological polar surface area (TPSA) is 146 Å². The molecule has 11 heteroatoms. The van der Waals surface area contributed by atoms with E-state index in [9.17, 15) is 28.7 Å². The second-order valence-corrected chi connectivity index (χ2v) is 10.4. The van der Waals surface area contributed by atoms with E-state index < -0.39 is 28.7 Å². The third kappa shape index (κ3) is 8.64. The Labute approximate surface area is 232 Å². The lowest BCUT2D eigenvalue weighted by Gasteiger charge is -2.16. The highest BCUT2D eigenvalue weighted by Gasteiger charge is 2.17. The molecule has 0 radical (unpaired) electrons. The van der Waals surface area contributed by atoms with Gasteiger partial charge in [-0.15, -0.1) is 0 Å². The van der Waals surface area contributed by atoms with Gasteiger partial charge in [0.05, 0.1) is 23.4 Å². The Hall–Kier alpha value is -3.72. The van der Waals surface area contributed by atoms with Crippen LogP contribution in [0.3, 0.4) is 0 Å². The first kappa shape index (κ1) is 29.8. The van der Waals surface area contributed by atoms with Gasteiger partial charge in [0.1, 0.15) is 31.1 Å². The van der Waals surface area contributed by atoms with Crippen molar-refractivity contribution in [1.29, 1.82) is 5.26 Å². The van der Waals surface area contributed by atoms with Gasteiger partial charge in [-0.3, -0.25) is 14.3 Å². The van der Waals surface area contributed by atoms with E-state index in [0.29, 0.717) is 22.3 Å². The molecule has 0 aliphatic heterocycles. The fourth-order valence-corrected chi connectivity index (χ4v) is 4.31. The zero-order chi connectivity index (χ0) is 28.4. The van der Waals surface area contributed by atoms with E-state index in [1.165, 1.54) is 0 Å². The number of nitrogens with one attached hydrogen (secondary N) is 1. The molecule has 0 amide bonds. The summed E-state index contributed by atoms with van der Waals surface area (Å²) < 4.78 is 32.7. The molecule has 0 spiro atoms. The maximum atomic E-state index is 11.3. The molecule has 9 nitrogen and oxygen atoms in total. The molecular weight excluding hydrogens is 544 g/mol. The van der Waals surface area contributed by atoms with Gasteiger partial charge in [0.2, 0.25) is 0 Å². The van der Waals surface area contributed by atoms with Gasteiger partial charge in [0.25, 0.3) is 10.1 Å². The van der Waals surface area contributed by atoms with Crippen LogP contribution in [0.5, 0.6) is 5.75 Å². The number of benzene rings is 3. The Morgan fingerprint density at radius 3 is 2.46 bits per heavy atom. The minimum absolute atomic E-state index is 0.0591. The number of hydrogen-bond donors (Lipinski definition) is 3. The molecule has 0 unspecified atom stereocenters. The molecule has 204 valence electrons. The normalized spacial score (nSPS) is 12.3. The number of carboxylic acids is 1. The molecule has 0 bridgehead atoms. The van der Waals surface area contributed by atoms with Crippen molar-refractivity contribution in [2.24, 2.45) is 0 Å². The van der Waals surface area contributed by atoms with Crippen LogP contribution in [0.25, 0.3) is 23.3 Å². The van der Waals surface area contributed by atoms with Gasteiger partial charge < -0.3 is 14.9 Å². The van der Waals surface area contributed by atoms with Gasteiger partial charge in [-0.05, 0) is 34.4 Å². The number of carboxylic acid groups (broad SMARTS) is 1. The molecule has 0 aliphatic rings. The van der Waals surface area contributed by atoms with Crippen LogP contribution in [-0.4, -0.2) is 56.7 Å². The summed E-state index contributed by atoms with van der Waals surface area (Å²) in [6.07, 6.45) is 4.44. The molecule has 0 saturated carbocycles. The maximum Gasteiger partial charge on any atom is 0.323 e. The van der Waals surface area contributed by atoms with E-state index >= 15 is 0 Å². The molecule has 39 heavy (non-hydrogen) atoms. The van der Waals surface area contributed by atoms with Gasteiger partial charge in [0.15, 0.2) is 0 Å². The monoisotopic (exact) mass is 570 g/mol. The second-order valence-electron chi connectivity index (χ2n) is 8.39. The quantitative estimate of drug-likeness (QED) is 0.158. The van der Waals surface area contributed by atoms with Crippen molar-refractivity contribution in [3.8, 4) is 22.9 Å². The first-order chi connectivity index (χ1) is 18.6. The smallest absolute Gasteiger partial charge is 0.323 e. The second kappa shape index (κ2) is 13.9. The van der Waals surface area contributed by atoms with Gasteiger partial charge in [-0.2, -0.15) is 13.7 Å². The molecule has 0 aromatic heterocycles. The van der Waals surface area contributed by atoms with Crippen LogP contribution in [-0.2, 0) is 25.6 Å². The van der Waals surface area contributed by atoms with Crippen molar-refractivity contribution in [1.82, 2.24) is 5.32 Å². The van der Waals surface area contributed by atoms with Crippen molar-refractivity contribution in [2.75, 3.05) is 26.1 Å². The van der Waals surface area contributed by atoms with Crippen LogP contribution >= 0.6 is 11.6 Å². The minimum Gasteiger partial charge on any atom is -0.490 e. The number of halogens is 1. The van der Waals surface area contributed by atoms with Crippen molar-refractivity contribution >= 4 is 39.8 Å². The van der Waals surface area contributed by atoms with Crippen LogP contribution in [0.2, 0.25) is 5.02 Å². The molecule has 0 saturated heterocycles. The highest BCUT2D eigenvalue weighted by molar-refractivity contribution is 7.85. The lowest BCUT2D eigenvalue weighted by molar-refractivity contribution is -0.140. The first-order valence-electron chi connectivity index (χ1n) is 11.8. The number of rotatable bonds is 13. The van der Waals surface area contributed by atoms with Gasteiger partial charge in [-0.1, -0.05) is 72.3 Å². The highest BCUT2D eigenvalue weighted by atomic mass is 35.5. The maximum absolute atomic E-state index is 11.3. The van der Waals surface area contributed by atoms with E-state index in [1.807, 2.05) is 48.5 Å². The molecule has 3 rings (SSSR count). The van der Waals surface area contributed by atoms with Crippen LogP contribution in [0.1, 0.15) is 22.3 Å². The molecule has 0 aliphatic carbocycles. The number of aliphatic hydroxyl groups excluding tert-OH is 1. The van der Waals surface area contributed by atoms with Crippen LogP contribution < -0.4 is 10.1 Å². The number of nitrogens with zero attached hydrogens (tertiary/aromatic N) is 1. The Bertz CT molecular complexity index is 1490. The standard InChI is InChI=1S/C28H27ClN2O7S/c1-39(35,36)38-13-12-37-27-15-21(22(14-25(27)29)17-31-26(18-32)28(33)34)11-10-20-8-5-9-23(24(20)16-30)19-6-3-2-4-7-19/h2-11,14-15,26,31-32H,12-13,17-18H2,1H3,(H,33,34)/b11-10+/t26-/m0/s1. The Balaban J connectivity index is 1.96. The Kier molecular flexibility index (Phi) is 10.6. The summed E-state index contributed by atoms with van der Waals surface area (Å²) in [5.41, 5.74) is 4.02. The van der Waals surface area contributed by atoms with E-state index in [4.69, 9.17) is 20.5 Å². The van der Waals surface area contributed by atoms with E-state index in [-0.39, 0.29) is 30.5 Å². The van der Waals surface area contributed by atoms with Crippen LogP contribution in [0, 0.1) is 11.3 Å². The summed E-state index contributed by atoms with van der Waals surface area (Å²) in [5.74, 6) is -0.949. The summed E-state index contributed by atoms with van der Waals surface area (Å²) in [5, 5.41) is 31.5. The summed E-state index contributed by atoms with van der Waals surface area (Å²) in [7, 11) is -3.63. The molecule has 1 atom stereocenters. The SMILES string of the molecule is CS(=O)(=O)OCCOc1cc(/C=C/c2cccc(-c3ccccc3)c2C#N)c(CN[C@@H](CO)C(=O)O)cc1Cl. The van der Waals surface area contributed by atoms with E-state index in [1.54, 1.807) is 24.3 Å². The third-order valence-electron chi connectivity index (χ3n) is 5.59. The van der Waals surface area contributed by atoms with Crippen molar-refractivity contribution < 1.29 is 32.3 Å². The average molecular weight is 571 g/mol. The fraction of sp³-hybridized carbons (Fsp3) is 0.214. The molecular formula is C28H27ClN2O7S. The summed E-state index contributed by atoms with van der Waals surface area (Å²) in [6, 6.07) is 19.4. The number of hydrogen-bond acceptors (Lipinski definition) is 8. The summed E-state index contributed by atoms with van der Waals surface area (Å²) in [4.78, 5) is 11.3. The number of nitriles is 1. The number of ether oxygens (including phenoxy) is 1. The number of aliphatic hydroxyl groups is 1. The predicted octanol–water partition coefficient (Wildman–Crippen LogP) is 3.94. The molecule has 3 aromatic rings. The van der Waals surface area contributed by atoms with Crippen molar-refractivity contribution in [3.63, 3.8) is 0 Å². The van der Waals surface area contributed by atoms with Gasteiger partial charge in [-0.25, -0.2) is 0 Å². The highest BCUT2D eigenvalue weighted by Crippen LogP contribution is 2.31. The zero-order valence-corrected chi connectivity index (χ0v) is 22.6. The van der Waals surface area contributed by atoms with Crippen molar-refractivity contribution in [3.05, 3.63) is 87.9 Å². The third-order valence-corrected chi connectivity index (χ3v) is 6.48. The Morgan fingerprint density at radius 2 is 1.82 bits per heavy atom. The predicted molar refractivity (Wildman–Crippen MR) is 149 cm³/mol. The molecule has 0 fully saturated rings. The van der Waals surface area contributed by atoms with Gasteiger partial charge >= 0.3 is 5.97 Å². The molecule has 3 N–H and O–H groups in total. The number of aliphatic carboxylic acids is 1. The zero-order valence-electron chi connectivity index (χ0n) is 21.0. The lowest BCUT2D eigenvalue weighted by Crippen LogP contribution is -2.39. The summed E-state index contributed by atoms with van der Waals surface area (Å²) in [6.45, 7) is -0.841. The first-order valence-corrected chi connectivity index (χ1v) is 14.0.